The third-order valence-electron chi connectivity index (χ3n) is 4.84. The summed E-state index contributed by atoms with van der Waals surface area (Å²) in [6.07, 6.45) is 2.24. The smallest absolute Gasteiger partial charge is 0.224 e. The van der Waals surface area contributed by atoms with E-state index in [0.717, 1.165) is 42.8 Å². The van der Waals surface area contributed by atoms with Crippen molar-refractivity contribution in [2.24, 2.45) is 5.92 Å². The molecular formula is C19H20FN3O. The summed E-state index contributed by atoms with van der Waals surface area (Å²) in [5.74, 6) is 1.16. The Balaban J connectivity index is 1.65. The summed E-state index contributed by atoms with van der Waals surface area (Å²) in [6, 6.07) is 10.5. The molecule has 3 aromatic rings. The highest BCUT2D eigenvalue weighted by atomic mass is 19.1. The van der Waals surface area contributed by atoms with E-state index in [2.05, 4.69) is 21.8 Å². The van der Waals surface area contributed by atoms with Gasteiger partial charge in [-0.15, -0.1) is 0 Å². The van der Waals surface area contributed by atoms with Crippen LogP contribution in [-0.2, 0) is 0 Å². The average molecular weight is 325 g/mol. The first-order valence-corrected chi connectivity index (χ1v) is 8.34. The lowest BCUT2D eigenvalue weighted by Crippen LogP contribution is -2.33. The van der Waals surface area contributed by atoms with E-state index in [1.54, 1.807) is 24.3 Å². The molecule has 24 heavy (non-hydrogen) atoms. The molecular weight excluding hydrogens is 305 g/mol. The van der Waals surface area contributed by atoms with Crippen LogP contribution < -0.4 is 4.90 Å². The summed E-state index contributed by atoms with van der Waals surface area (Å²) < 4.78 is 14.6. The second-order valence-corrected chi connectivity index (χ2v) is 6.63. The van der Waals surface area contributed by atoms with Crippen LogP contribution in [0.15, 0.2) is 36.4 Å². The van der Waals surface area contributed by atoms with Crippen LogP contribution in [-0.4, -0.2) is 28.2 Å². The second kappa shape index (κ2) is 5.82. The predicted molar refractivity (Wildman–Crippen MR) is 93.8 cm³/mol. The number of hydrogen-bond donors (Lipinski definition) is 2. The van der Waals surface area contributed by atoms with E-state index in [4.69, 9.17) is 0 Å². The molecule has 1 aliphatic heterocycles. The van der Waals surface area contributed by atoms with Crippen molar-refractivity contribution in [2.45, 2.75) is 19.8 Å². The summed E-state index contributed by atoms with van der Waals surface area (Å²) in [5, 5.41) is 10.4. The zero-order valence-electron chi connectivity index (χ0n) is 13.6. The molecule has 0 saturated carbocycles. The number of hydrogen-bond acceptors (Lipinski definition) is 3. The van der Waals surface area contributed by atoms with E-state index in [1.807, 2.05) is 12.1 Å². The van der Waals surface area contributed by atoms with Gasteiger partial charge in [0.2, 0.25) is 5.95 Å². The van der Waals surface area contributed by atoms with Gasteiger partial charge in [0.1, 0.15) is 11.6 Å². The number of piperidine rings is 1. The first-order valence-electron chi connectivity index (χ1n) is 8.34. The molecule has 2 N–H and O–H groups in total. The van der Waals surface area contributed by atoms with E-state index in [1.165, 1.54) is 0 Å². The molecule has 0 unspecified atom stereocenters. The first-order chi connectivity index (χ1) is 11.6. The fourth-order valence-electron chi connectivity index (χ4n) is 3.30. The summed E-state index contributed by atoms with van der Waals surface area (Å²) in [7, 11) is 0. The van der Waals surface area contributed by atoms with Gasteiger partial charge >= 0.3 is 0 Å². The van der Waals surface area contributed by atoms with Crippen molar-refractivity contribution < 1.29 is 9.50 Å². The van der Waals surface area contributed by atoms with Gasteiger partial charge in [0.05, 0.1) is 11.3 Å². The van der Waals surface area contributed by atoms with Crippen LogP contribution in [0.5, 0.6) is 5.75 Å². The van der Waals surface area contributed by atoms with Crippen molar-refractivity contribution in [1.29, 1.82) is 0 Å². The number of nitrogens with zero attached hydrogens (tertiary/aromatic N) is 2. The van der Waals surface area contributed by atoms with Crippen LogP contribution in [0.2, 0.25) is 0 Å². The van der Waals surface area contributed by atoms with E-state index in [0.29, 0.717) is 17.1 Å². The van der Waals surface area contributed by atoms with Crippen molar-refractivity contribution in [3.8, 4) is 17.0 Å². The fourth-order valence-corrected chi connectivity index (χ4v) is 3.30. The van der Waals surface area contributed by atoms with Gasteiger partial charge in [-0.3, -0.25) is 0 Å². The molecule has 1 saturated heterocycles. The lowest BCUT2D eigenvalue weighted by Gasteiger charge is -2.31. The number of aromatic amines is 1. The number of H-pyrrole nitrogens is 1. The molecule has 0 radical (unpaired) electrons. The number of aromatic hydroxyl groups is 1. The molecule has 5 heteroatoms. The molecule has 4 rings (SSSR count). The highest BCUT2D eigenvalue weighted by Crippen LogP contribution is 2.29. The van der Waals surface area contributed by atoms with Gasteiger partial charge < -0.3 is 15.0 Å². The summed E-state index contributed by atoms with van der Waals surface area (Å²) in [5.41, 5.74) is 1.97. The number of anilines is 1. The molecule has 1 aromatic carbocycles. The Hall–Kier alpha value is -2.56. The Kier molecular flexibility index (Phi) is 3.63. The van der Waals surface area contributed by atoms with Crippen molar-refractivity contribution >= 4 is 16.7 Å². The quantitative estimate of drug-likeness (QED) is 0.690. The van der Waals surface area contributed by atoms with E-state index in [-0.39, 0.29) is 5.75 Å². The van der Waals surface area contributed by atoms with Gasteiger partial charge in [-0.05, 0) is 55.2 Å². The highest BCUT2D eigenvalue weighted by Gasteiger charge is 2.19. The van der Waals surface area contributed by atoms with Gasteiger partial charge in [-0.1, -0.05) is 6.92 Å². The molecule has 0 aliphatic carbocycles. The Morgan fingerprint density at radius 1 is 1.17 bits per heavy atom. The number of halogens is 1. The normalized spacial score (nSPS) is 16.0. The molecule has 0 amide bonds. The third kappa shape index (κ3) is 2.70. The largest absolute Gasteiger partial charge is 0.508 e. The van der Waals surface area contributed by atoms with E-state index < -0.39 is 5.95 Å². The fraction of sp³-hybridized carbons (Fsp3) is 0.316. The Morgan fingerprint density at radius 3 is 2.71 bits per heavy atom. The topological polar surface area (TPSA) is 52.1 Å². The van der Waals surface area contributed by atoms with E-state index in [9.17, 15) is 9.50 Å². The number of aromatic nitrogens is 2. The number of phenols is 1. The number of fused-ring (bicyclic) bond motifs is 1. The second-order valence-electron chi connectivity index (χ2n) is 6.63. The van der Waals surface area contributed by atoms with Crippen LogP contribution in [0.25, 0.3) is 22.2 Å². The molecule has 124 valence electrons. The lowest BCUT2D eigenvalue weighted by molar-refractivity contribution is 0.435. The highest BCUT2D eigenvalue weighted by molar-refractivity contribution is 5.87. The van der Waals surface area contributed by atoms with E-state index >= 15 is 0 Å². The lowest BCUT2D eigenvalue weighted by atomic mass is 9.99. The molecule has 0 bridgehead atoms. The predicted octanol–water partition coefficient (Wildman–Crippen LogP) is 4.31. The third-order valence-corrected chi connectivity index (χ3v) is 4.84. The number of phenolic OH excluding ortho intramolecular Hbond substituents is 1. The SMILES string of the molecule is CC1CCN(c2ccc(-c3cc4cc(O)ccc4[nH]3)c(F)n2)CC1. The molecule has 0 spiro atoms. The van der Waals surface area contributed by atoms with Gasteiger partial charge in [0.15, 0.2) is 0 Å². The molecule has 1 aliphatic rings. The van der Waals surface area contributed by atoms with Crippen molar-refractivity contribution in [3.05, 3.63) is 42.3 Å². The van der Waals surface area contributed by atoms with Gasteiger partial charge in [0.25, 0.3) is 0 Å². The van der Waals surface area contributed by atoms with Gasteiger partial charge in [0, 0.05) is 24.0 Å². The van der Waals surface area contributed by atoms with Crippen LogP contribution in [0, 0.1) is 11.9 Å². The number of benzene rings is 1. The minimum absolute atomic E-state index is 0.196. The zero-order valence-corrected chi connectivity index (χ0v) is 13.6. The molecule has 0 atom stereocenters. The standard InChI is InChI=1S/C19H20FN3O/c1-12-6-8-23(9-7-12)18-5-3-15(19(20)22-18)17-11-13-10-14(24)2-4-16(13)21-17/h2-5,10-12,21,24H,6-9H2,1H3. The average Bonchev–Trinajstić information content (AvgIpc) is 2.98. The maximum absolute atomic E-state index is 14.6. The summed E-state index contributed by atoms with van der Waals surface area (Å²) in [6.45, 7) is 4.11. The molecule has 4 nitrogen and oxygen atoms in total. The Labute approximate surface area is 140 Å². The number of pyridine rings is 1. The minimum atomic E-state index is -0.470. The maximum atomic E-state index is 14.6. The summed E-state index contributed by atoms with van der Waals surface area (Å²) >= 11 is 0. The van der Waals surface area contributed by atoms with Crippen LogP contribution >= 0.6 is 0 Å². The monoisotopic (exact) mass is 325 g/mol. The minimum Gasteiger partial charge on any atom is -0.508 e. The molecule has 2 aromatic heterocycles. The first kappa shape index (κ1) is 15.0. The Bertz CT molecular complexity index is 881. The van der Waals surface area contributed by atoms with Crippen molar-refractivity contribution in [3.63, 3.8) is 0 Å². The van der Waals surface area contributed by atoms with Gasteiger partial charge in [-0.2, -0.15) is 4.39 Å². The van der Waals surface area contributed by atoms with Crippen LogP contribution in [0.3, 0.4) is 0 Å². The zero-order chi connectivity index (χ0) is 16.7. The van der Waals surface area contributed by atoms with Gasteiger partial charge in [-0.25, -0.2) is 4.98 Å². The number of nitrogens with one attached hydrogen (secondary N) is 1. The molecule has 1 fully saturated rings. The molecule has 3 heterocycles. The van der Waals surface area contributed by atoms with Crippen molar-refractivity contribution in [1.82, 2.24) is 9.97 Å². The summed E-state index contributed by atoms with van der Waals surface area (Å²) in [4.78, 5) is 9.50. The van der Waals surface area contributed by atoms with Crippen LogP contribution in [0.1, 0.15) is 19.8 Å². The van der Waals surface area contributed by atoms with Crippen molar-refractivity contribution in [2.75, 3.05) is 18.0 Å². The van der Waals surface area contributed by atoms with Crippen LogP contribution in [0.4, 0.5) is 10.2 Å². The Morgan fingerprint density at radius 2 is 1.96 bits per heavy atom. The maximum Gasteiger partial charge on any atom is 0.224 e. The number of rotatable bonds is 2.